The van der Waals surface area contributed by atoms with Gasteiger partial charge < -0.3 is 63.8 Å². The summed E-state index contributed by atoms with van der Waals surface area (Å²) in [7, 11) is 0. The van der Waals surface area contributed by atoms with E-state index in [1.54, 1.807) is 0 Å². The molecular formula is C4H6K2N4O3Pd. The summed E-state index contributed by atoms with van der Waals surface area (Å²) in [4.78, 5) is 0. The van der Waals surface area contributed by atoms with Crippen molar-refractivity contribution < 1.29 is 140 Å². The Morgan fingerprint density at radius 2 is 0.429 bits per heavy atom. The van der Waals surface area contributed by atoms with Crippen molar-refractivity contribution in [2.75, 3.05) is 0 Å². The standard InChI is InChI=1S/4CN.2K.3H2O.Pd/c4*1-2;;;;;;/h;;;;;;3*1H2;/q4*-1;2*+1;;;;+2. The van der Waals surface area contributed by atoms with Gasteiger partial charge in [-0.3, -0.25) is 0 Å². The first kappa shape index (κ1) is 103. The molecule has 0 atom stereocenters. The van der Waals surface area contributed by atoms with E-state index >= 15 is 0 Å². The van der Waals surface area contributed by atoms with E-state index in [0.717, 1.165) is 0 Å². The topological polar surface area (TPSA) is 190 Å². The van der Waals surface area contributed by atoms with Crippen LogP contribution in [-0.4, -0.2) is 16.4 Å². The molecule has 0 fully saturated rings. The molecular weight excluding hydrogens is 337 g/mol. The Balaban J connectivity index is -0.00000000167. The molecule has 0 aliphatic rings. The minimum absolute atomic E-state index is 0. The van der Waals surface area contributed by atoms with Crippen LogP contribution in [0.1, 0.15) is 0 Å². The first-order chi connectivity index (χ1) is 4.00. The summed E-state index contributed by atoms with van der Waals surface area (Å²) >= 11 is 0. The summed E-state index contributed by atoms with van der Waals surface area (Å²) in [6.45, 7) is 19.0. The maximum atomic E-state index is 6.25. The van der Waals surface area contributed by atoms with Crippen molar-refractivity contribution >= 4 is 0 Å². The molecule has 0 aliphatic carbocycles. The second-order valence-corrected chi connectivity index (χ2v) is 0. The summed E-state index contributed by atoms with van der Waals surface area (Å²) in [6, 6.07) is 0. The molecule has 0 spiro atoms. The van der Waals surface area contributed by atoms with Gasteiger partial charge in [0, 0.05) is 0 Å². The second kappa shape index (κ2) is 890. The first-order valence-electron chi connectivity index (χ1n) is 0.894. The van der Waals surface area contributed by atoms with E-state index in [0.29, 0.717) is 0 Å². The molecule has 0 aromatic carbocycles. The fourth-order valence-electron chi connectivity index (χ4n) is 0. The quantitative estimate of drug-likeness (QED) is 0.312. The second-order valence-electron chi connectivity index (χ2n) is 0. The third-order valence-electron chi connectivity index (χ3n) is 0. The average molecular weight is 343 g/mol. The van der Waals surface area contributed by atoms with Gasteiger partial charge in [-0.25, -0.2) is 0 Å². The monoisotopic (exact) mass is 342 g/mol. The van der Waals surface area contributed by atoms with Crippen LogP contribution in [0.3, 0.4) is 0 Å². The van der Waals surface area contributed by atoms with Gasteiger partial charge >= 0.3 is 123 Å². The zero-order chi connectivity index (χ0) is 8.00. The molecule has 0 amide bonds. The Bertz CT molecular complexity index is 73.6. The van der Waals surface area contributed by atoms with Gasteiger partial charge in [0.05, 0.1) is 0 Å². The first-order valence-corrected chi connectivity index (χ1v) is 0.894. The molecule has 72 valence electrons. The number of hydrogen-bond donors (Lipinski definition) is 0. The molecule has 0 bridgehead atoms. The van der Waals surface area contributed by atoms with Crippen LogP contribution in [0.2, 0.25) is 0 Å². The smallest absolute Gasteiger partial charge is 0.512 e. The molecule has 0 heterocycles. The predicted octanol–water partition coefficient (Wildman–Crippen LogP) is -8.08. The summed E-state index contributed by atoms with van der Waals surface area (Å²) < 4.78 is 0. The van der Waals surface area contributed by atoms with Gasteiger partial charge in [0.25, 0.3) is 0 Å². The van der Waals surface area contributed by atoms with Gasteiger partial charge in [-0.1, -0.05) is 0 Å². The van der Waals surface area contributed by atoms with E-state index in [4.69, 9.17) is 47.3 Å². The molecule has 0 rings (SSSR count). The third kappa shape index (κ3) is 713. The minimum Gasteiger partial charge on any atom is -0.512 e. The fourth-order valence-corrected chi connectivity index (χ4v) is 0. The number of rotatable bonds is 0. The number of nitrogens with zero attached hydrogens (tertiary/aromatic N) is 4. The van der Waals surface area contributed by atoms with E-state index in [1.165, 1.54) is 0 Å². The molecule has 7 nitrogen and oxygen atoms in total. The normalized spacial score (nSPS) is 0.571. The largest absolute Gasteiger partial charge is 2.00 e. The van der Waals surface area contributed by atoms with Crippen LogP contribution >= 0.6 is 0 Å². The van der Waals surface area contributed by atoms with E-state index in [9.17, 15) is 0 Å². The van der Waals surface area contributed by atoms with E-state index in [-0.39, 0.29) is 140 Å². The van der Waals surface area contributed by atoms with Crippen molar-refractivity contribution in [2.45, 2.75) is 0 Å². The molecule has 0 saturated carbocycles. The summed E-state index contributed by atoms with van der Waals surface area (Å²) in [5, 5.41) is 25.0. The Labute approximate surface area is 182 Å². The van der Waals surface area contributed by atoms with E-state index < -0.39 is 0 Å². The Hall–Kier alpha value is 1.78. The SMILES string of the molecule is O.O.O.[C-]#N.[C-]#N.[C-]#N.[C-]#N.[K+].[K+].[Pd+2]. The van der Waals surface area contributed by atoms with Crippen LogP contribution in [0.4, 0.5) is 0 Å². The molecule has 0 aliphatic heterocycles. The maximum Gasteiger partial charge on any atom is 2.00 e. The molecule has 10 heteroatoms. The Kier molecular flexibility index (Phi) is 6560. The molecule has 0 aromatic heterocycles. The third-order valence-corrected chi connectivity index (χ3v) is 0. The molecule has 0 unspecified atom stereocenters. The molecule has 6 N–H and O–H groups in total. The molecule has 0 saturated heterocycles. The molecule has 14 heavy (non-hydrogen) atoms. The van der Waals surface area contributed by atoms with Gasteiger partial charge in [-0.15, -0.1) is 0 Å². The van der Waals surface area contributed by atoms with Crippen LogP contribution in [0, 0.1) is 47.3 Å². The van der Waals surface area contributed by atoms with Crippen molar-refractivity contribution in [1.29, 1.82) is 21.0 Å². The summed E-state index contributed by atoms with van der Waals surface area (Å²) in [6.07, 6.45) is 0. The summed E-state index contributed by atoms with van der Waals surface area (Å²) in [5.74, 6) is 0. The van der Waals surface area contributed by atoms with Crippen molar-refractivity contribution in [3.63, 3.8) is 0 Å². The molecule has 0 radical (unpaired) electrons. The van der Waals surface area contributed by atoms with Gasteiger partial charge in [0.1, 0.15) is 0 Å². The van der Waals surface area contributed by atoms with Crippen LogP contribution in [0.15, 0.2) is 0 Å². The van der Waals surface area contributed by atoms with Crippen LogP contribution in [0.25, 0.3) is 0 Å². The predicted molar refractivity (Wildman–Crippen MR) is 30.7 cm³/mol. The number of hydrogen-bond acceptors (Lipinski definition) is 4. The maximum absolute atomic E-state index is 6.25. The summed E-state index contributed by atoms with van der Waals surface area (Å²) in [5.41, 5.74) is 0. The minimum atomic E-state index is 0. The van der Waals surface area contributed by atoms with Crippen molar-refractivity contribution in [3.8, 4) is 0 Å². The fraction of sp³-hybridized carbons (Fsp3) is 0. The van der Waals surface area contributed by atoms with Gasteiger partial charge in [-0.05, 0) is 0 Å². The van der Waals surface area contributed by atoms with E-state index in [2.05, 4.69) is 0 Å². The van der Waals surface area contributed by atoms with Gasteiger partial charge in [-0.2, -0.15) is 0 Å². The van der Waals surface area contributed by atoms with Crippen molar-refractivity contribution in [1.82, 2.24) is 0 Å². The van der Waals surface area contributed by atoms with Crippen LogP contribution in [-0.2, 0) is 20.4 Å². The van der Waals surface area contributed by atoms with Crippen molar-refractivity contribution in [3.05, 3.63) is 26.3 Å². The Morgan fingerprint density at radius 3 is 0.429 bits per heavy atom. The van der Waals surface area contributed by atoms with Crippen LogP contribution in [0.5, 0.6) is 0 Å². The molecule has 0 aromatic rings. The zero-order valence-electron chi connectivity index (χ0n) is 7.61. The zero-order valence-corrected chi connectivity index (χ0v) is 15.4. The average Bonchev–Trinajstić information content (AvgIpc) is 2.03. The van der Waals surface area contributed by atoms with Crippen LogP contribution < -0.4 is 103 Å². The Morgan fingerprint density at radius 1 is 0.429 bits per heavy atom. The van der Waals surface area contributed by atoms with Crippen molar-refractivity contribution in [2.24, 2.45) is 0 Å². The van der Waals surface area contributed by atoms with E-state index in [1.807, 2.05) is 0 Å². The van der Waals surface area contributed by atoms with Gasteiger partial charge in [0.15, 0.2) is 0 Å². The van der Waals surface area contributed by atoms with Gasteiger partial charge in [0.2, 0.25) is 0 Å².